The Morgan fingerprint density at radius 1 is 0.706 bits per heavy atom. The van der Waals surface area contributed by atoms with Crippen LogP contribution in [-0.4, -0.2) is 46.7 Å². The van der Waals surface area contributed by atoms with Gasteiger partial charge in [0.2, 0.25) is 0 Å². The number of rotatable bonds is 15. The fraction of sp³-hybridized carbons (Fsp3) is 0.480. The molecule has 2 aromatic carbocycles. The molecular formula is C25H36LiO7P. The predicted molar refractivity (Wildman–Crippen MR) is 133 cm³/mol. The first-order chi connectivity index (χ1) is 16.0. The standard InChI is InChI=1S/C25H35O7P.Li.H/c1-7-10-30-18-15-21(31-11-8-2)24(22(16-18)32-12-9-3)33-25(26)23-19(28-5)13-17(27-4)14-20(23)29-6;;/h13-16,33H,7-12H2,1-6H3;;/q;+1;-1. The maximum Gasteiger partial charge on any atom is 1.00 e. The van der Waals surface area contributed by atoms with Crippen molar-refractivity contribution in [2.75, 3.05) is 41.2 Å². The van der Waals surface area contributed by atoms with Crippen molar-refractivity contribution in [2.45, 2.75) is 40.0 Å². The molecule has 0 N–H and O–H groups in total. The third-order valence-electron chi connectivity index (χ3n) is 4.62. The maximum atomic E-state index is 13.6. The van der Waals surface area contributed by atoms with Crippen molar-refractivity contribution >= 4 is 19.4 Å². The zero-order valence-corrected chi connectivity index (χ0v) is 22.4. The summed E-state index contributed by atoms with van der Waals surface area (Å²) in [6, 6.07) is 7.01. The molecule has 0 saturated heterocycles. The molecule has 2 rings (SSSR count). The molecule has 7 nitrogen and oxygen atoms in total. The zero-order chi connectivity index (χ0) is 24.2. The summed E-state index contributed by atoms with van der Waals surface area (Å²) in [6.45, 7) is 7.74. The second kappa shape index (κ2) is 15.8. The van der Waals surface area contributed by atoms with Crippen LogP contribution < -0.4 is 52.6 Å². The first-order valence-electron chi connectivity index (χ1n) is 11.2. The van der Waals surface area contributed by atoms with Crippen LogP contribution in [0.2, 0.25) is 0 Å². The van der Waals surface area contributed by atoms with Gasteiger partial charge in [0.05, 0.1) is 46.5 Å². The fourth-order valence-corrected chi connectivity index (χ4v) is 4.18. The molecule has 0 aromatic heterocycles. The molecule has 0 fully saturated rings. The van der Waals surface area contributed by atoms with E-state index in [1.54, 1.807) is 19.2 Å². The Morgan fingerprint density at radius 2 is 1.15 bits per heavy atom. The zero-order valence-electron chi connectivity index (χ0n) is 22.4. The molecule has 0 heterocycles. The van der Waals surface area contributed by atoms with E-state index in [9.17, 15) is 4.79 Å². The van der Waals surface area contributed by atoms with E-state index in [-0.39, 0.29) is 34.4 Å². The first-order valence-corrected chi connectivity index (χ1v) is 12.2. The molecule has 184 valence electrons. The van der Waals surface area contributed by atoms with E-state index >= 15 is 0 Å². The molecule has 9 heteroatoms. The monoisotopic (exact) mass is 486 g/mol. The Kier molecular flexibility index (Phi) is 13.9. The van der Waals surface area contributed by atoms with Gasteiger partial charge in [-0.1, -0.05) is 20.8 Å². The molecule has 0 aliphatic rings. The van der Waals surface area contributed by atoms with Gasteiger partial charge in [0.15, 0.2) is 5.52 Å². The molecule has 0 bridgehead atoms. The number of ether oxygens (including phenoxy) is 6. The van der Waals surface area contributed by atoms with Gasteiger partial charge in [-0.3, -0.25) is 4.79 Å². The topological polar surface area (TPSA) is 72.5 Å². The van der Waals surface area contributed by atoms with Crippen molar-refractivity contribution in [3.8, 4) is 34.5 Å². The number of hydrogen-bond donors (Lipinski definition) is 0. The van der Waals surface area contributed by atoms with Gasteiger partial charge < -0.3 is 29.8 Å². The van der Waals surface area contributed by atoms with E-state index in [0.717, 1.165) is 19.3 Å². The average molecular weight is 486 g/mol. The normalized spacial score (nSPS) is 10.5. The molecule has 1 atom stereocenters. The van der Waals surface area contributed by atoms with E-state index in [1.165, 1.54) is 14.2 Å². The number of benzene rings is 2. The number of carbonyl (C=O) groups is 1. The minimum Gasteiger partial charge on any atom is -1.00 e. The first kappa shape index (κ1) is 30.0. The Balaban J connectivity index is 0.00000578. The summed E-state index contributed by atoms with van der Waals surface area (Å²) in [5.74, 6) is 3.16. The van der Waals surface area contributed by atoms with Crippen molar-refractivity contribution in [3.05, 3.63) is 29.8 Å². The minimum absolute atomic E-state index is 0. The van der Waals surface area contributed by atoms with Crippen LogP contribution in [0.4, 0.5) is 0 Å². The van der Waals surface area contributed by atoms with Crippen LogP contribution in [0.3, 0.4) is 0 Å². The average Bonchev–Trinajstić information content (AvgIpc) is 2.84. The summed E-state index contributed by atoms with van der Waals surface area (Å²) < 4.78 is 34.2. The molecular weight excluding hydrogens is 450 g/mol. The van der Waals surface area contributed by atoms with E-state index in [2.05, 4.69) is 0 Å². The molecule has 0 radical (unpaired) electrons. The summed E-state index contributed by atoms with van der Waals surface area (Å²) in [5, 5.41) is 0.700. The summed E-state index contributed by atoms with van der Waals surface area (Å²) in [5.41, 5.74) is 0.199. The van der Waals surface area contributed by atoms with Gasteiger partial charge in [-0.05, 0) is 27.8 Å². The quantitative estimate of drug-likeness (QED) is 0.283. The van der Waals surface area contributed by atoms with Crippen LogP contribution in [0.1, 0.15) is 51.8 Å². The van der Waals surface area contributed by atoms with Gasteiger partial charge >= 0.3 is 18.9 Å². The second-order valence-electron chi connectivity index (χ2n) is 7.20. The van der Waals surface area contributed by atoms with E-state index in [0.29, 0.717) is 65.2 Å². The van der Waals surface area contributed by atoms with Gasteiger partial charge in [0, 0.05) is 24.3 Å². The largest absolute Gasteiger partial charge is 1.00 e. The molecule has 2 aromatic rings. The molecule has 0 saturated carbocycles. The van der Waals surface area contributed by atoms with Crippen LogP contribution in [0.5, 0.6) is 34.5 Å². The van der Waals surface area contributed by atoms with Crippen LogP contribution >= 0.6 is 8.58 Å². The number of hydrogen-bond acceptors (Lipinski definition) is 7. The maximum absolute atomic E-state index is 13.6. The Bertz CT molecular complexity index is 873. The molecule has 0 aliphatic carbocycles. The van der Waals surface area contributed by atoms with Gasteiger partial charge in [-0.2, -0.15) is 0 Å². The third kappa shape index (κ3) is 8.01. The molecule has 0 aliphatic heterocycles. The number of carbonyl (C=O) groups excluding carboxylic acids is 1. The summed E-state index contributed by atoms with van der Waals surface area (Å²) in [4.78, 5) is 13.6. The van der Waals surface area contributed by atoms with Crippen molar-refractivity contribution in [2.24, 2.45) is 0 Å². The Labute approximate surface area is 218 Å². The van der Waals surface area contributed by atoms with E-state index in [1.807, 2.05) is 32.9 Å². The van der Waals surface area contributed by atoms with Crippen LogP contribution in [0, 0.1) is 0 Å². The van der Waals surface area contributed by atoms with E-state index < -0.39 is 0 Å². The van der Waals surface area contributed by atoms with Crippen LogP contribution in [0.15, 0.2) is 24.3 Å². The molecule has 34 heavy (non-hydrogen) atoms. The van der Waals surface area contributed by atoms with Crippen LogP contribution in [0.25, 0.3) is 0 Å². The number of methoxy groups -OCH3 is 3. The summed E-state index contributed by atoms with van der Waals surface area (Å²) >= 11 is 0. The minimum atomic E-state index is -0.274. The third-order valence-corrected chi connectivity index (χ3v) is 5.84. The molecule has 0 spiro atoms. The Hall–Kier alpha value is -2.06. The second-order valence-corrected chi connectivity index (χ2v) is 8.41. The summed E-state index contributed by atoms with van der Waals surface area (Å²) in [7, 11) is 4.30. The fourth-order valence-electron chi connectivity index (χ4n) is 3.05. The van der Waals surface area contributed by atoms with Crippen molar-refractivity contribution in [3.63, 3.8) is 0 Å². The molecule has 1 unspecified atom stereocenters. The van der Waals surface area contributed by atoms with Gasteiger partial charge in [0.25, 0.3) is 0 Å². The van der Waals surface area contributed by atoms with Gasteiger partial charge in [-0.15, -0.1) is 0 Å². The van der Waals surface area contributed by atoms with Crippen LogP contribution in [-0.2, 0) is 0 Å². The Morgan fingerprint density at radius 3 is 1.56 bits per heavy atom. The smallest absolute Gasteiger partial charge is 1.00 e. The van der Waals surface area contributed by atoms with Crippen molar-refractivity contribution < 1.29 is 53.5 Å². The van der Waals surface area contributed by atoms with Crippen molar-refractivity contribution in [1.82, 2.24) is 0 Å². The molecule has 0 amide bonds. The van der Waals surface area contributed by atoms with Crippen molar-refractivity contribution in [1.29, 1.82) is 0 Å². The summed E-state index contributed by atoms with van der Waals surface area (Å²) in [6.07, 6.45) is 2.55. The van der Waals surface area contributed by atoms with Gasteiger partial charge in [-0.25, -0.2) is 0 Å². The SMILES string of the molecule is CCCOc1cc(OCCC)c(PC(=O)c2c(OC)cc(OC)cc2OC)c(OCCC)c1.[H-].[Li+]. The van der Waals surface area contributed by atoms with E-state index in [4.69, 9.17) is 28.4 Å². The van der Waals surface area contributed by atoms with Gasteiger partial charge in [0.1, 0.15) is 40.1 Å². The predicted octanol–water partition coefficient (Wildman–Crippen LogP) is 2.34.